The van der Waals surface area contributed by atoms with Gasteiger partial charge in [-0.05, 0) is 0 Å². The van der Waals surface area contributed by atoms with E-state index in [0.29, 0.717) is 0 Å². The molecule has 0 saturated heterocycles. The van der Waals surface area contributed by atoms with Gasteiger partial charge in [0, 0.05) is 0 Å². The van der Waals surface area contributed by atoms with E-state index in [2.05, 4.69) is 79.5 Å². The number of hydrogen-bond acceptors (Lipinski definition) is 0. The van der Waals surface area contributed by atoms with Crippen molar-refractivity contribution in [2.75, 3.05) is 0 Å². The third kappa shape index (κ3) is 2.42. The van der Waals surface area contributed by atoms with Crippen molar-refractivity contribution in [1.82, 2.24) is 0 Å². The molecule has 0 bridgehead atoms. The van der Waals surface area contributed by atoms with Crippen molar-refractivity contribution in [3.63, 3.8) is 0 Å². The molecule has 1 heteroatoms. The third-order valence-electron chi connectivity index (χ3n) is 3.90. The molecule has 88 valence electrons. The molecule has 0 spiro atoms. The van der Waals surface area contributed by atoms with Crippen LogP contribution in [-0.2, 0) is 0 Å². The first-order chi connectivity index (χ1) is 8.15. The van der Waals surface area contributed by atoms with Crippen LogP contribution in [0.1, 0.15) is 13.8 Å². The molecule has 0 amide bonds. The fraction of sp³-hybridized carbons (Fsp3) is 0.250. The van der Waals surface area contributed by atoms with Gasteiger partial charge >= 0.3 is 109 Å². The monoisotopic (exact) mass is 332 g/mol. The van der Waals surface area contributed by atoms with Crippen LogP contribution < -0.4 is 7.16 Å². The van der Waals surface area contributed by atoms with Crippen LogP contribution in [0.5, 0.6) is 0 Å². The quantitative estimate of drug-likeness (QED) is 0.758. The molecule has 0 aromatic heterocycles. The summed E-state index contributed by atoms with van der Waals surface area (Å²) in [6.45, 7) is 4.77. The molecule has 0 atom stereocenters. The summed E-state index contributed by atoms with van der Waals surface area (Å²) < 4.78 is 3.97. The molecule has 0 heterocycles. The summed E-state index contributed by atoms with van der Waals surface area (Å²) in [5.74, 6) is 0. The molecule has 0 nitrogen and oxygen atoms in total. The molecule has 0 unspecified atom stereocenters. The fourth-order valence-corrected chi connectivity index (χ4v) is 12.2. The van der Waals surface area contributed by atoms with Crippen molar-refractivity contribution in [2.24, 2.45) is 0 Å². The number of benzene rings is 2. The first-order valence-electron chi connectivity index (χ1n) is 6.26. The average molecular weight is 331 g/mol. The molecular formula is C16H20Sn. The van der Waals surface area contributed by atoms with E-state index in [9.17, 15) is 0 Å². The molecular weight excluding hydrogens is 311 g/mol. The van der Waals surface area contributed by atoms with Gasteiger partial charge < -0.3 is 0 Å². The van der Waals surface area contributed by atoms with Crippen LogP contribution in [0.3, 0.4) is 0 Å². The summed E-state index contributed by atoms with van der Waals surface area (Å²) in [7, 11) is 0. The summed E-state index contributed by atoms with van der Waals surface area (Å²) >= 11 is -2.43. The van der Waals surface area contributed by atoms with Gasteiger partial charge in [0.25, 0.3) is 0 Å². The van der Waals surface area contributed by atoms with Gasteiger partial charge in [0.1, 0.15) is 0 Å². The van der Waals surface area contributed by atoms with Crippen molar-refractivity contribution in [3.05, 3.63) is 60.7 Å². The van der Waals surface area contributed by atoms with Gasteiger partial charge in [0.05, 0.1) is 0 Å². The van der Waals surface area contributed by atoms with Gasteiger partial charge in [0.15, 0.2) is 0 Å². The van der Waals surface area contributed by atoms with Crippen LogP contribution in [0.15, 0.2) is 60.7 Å². The van der Waals surface area contributed by atoms with Crippen LogP contribution in [0.4, 0.5) is 0 Å². The van der Waals surface area contributed by atoms with Gasteiger partial charge in [-0.2, -0.15) is 0 Å². The van der Waals surface area contributed by atoms with Crippen molar-refractivity contribution >= 4 is 25.5 Å². The predicted molar refractivity (Wildman–Crippen MR) is 78.9 cm³/mol. The van der Waals surface area contributed by atoms with Gasteiger partial charge in [-0.3, -0.25) is 0 Å². The normalized spacial score (nSPS) is 11.8. The van der Waals surface area contributed by atoms with E-state index in [1.54, 1.807) is 7.16 Å². The van der Waals surface area contributed by atoms with Crippen LogP contribution in [0.2, 0.25) is 8.87 Å². The van der Waals surface area contributed by atoms with E-state index >= 15 is 0 Å². The van der Waals surface area contributed by atoms with E-state index < -0.39 is 18.4 Å². The van der Waals surface area contributed by atoms with Gasteiger partial charge in [-0.15, -0.1) is 0 Å². The van der Waals surface area contributed by atoms with E-state index in [1.165, 1.54) is 0 Å². The molecule has 0 aliphatic carbocycles. The zero-order chi connectivity index (χ0) is 12.3. The zero-order valence-corrected chi connectivity index (χ0v) is 13.7. The standard InChI is InChI=1S/2C6H5.C3H7.CH3.Sn/c2*1-2-4-6-5-3-1;1-3-2;;/h2*1-5H;3H,1-2H3;1H3;. The summed E-state index contributed by atoms with van der Waals surface area (Å²) in [5, 5.41) is 0. The molecule has 0 N–H and O–H groups in total. The van der Waals surface area contributed by atoms with Crippen molar-refractivity contribution < 1.29 is 0 Å². The van der Waals surface area contributed by atoms with Crippen LogP contribution in [-0.4, -0.2) is 18.4 Å². The Bertz CT molecular complexity index is 420. The van der Waals surface area contributed by atoms with Crippen LogP contribution in [0, 0.1) is 0 Å². The Kier molecular flexibility index (Phi) is 3.93. The van der Waals surface area contributed by atoms with Crippen molar-refractivity contribution in [1.29, 1.82) is 0 Å². The van der Waals surface area contributed by atoms with Crippen molar-refractivity contribution in [3.8, 4) is 0 Å². The Morgan fingerprint density at radius 1 is 0.706 bits per heavy atom. The Morgan fingerprint density at radius 2 is 1.06 bits per heavy atom. The second kappa shape index (κ2) is 5.26. The molecule has 0 aliphatic heterocycles. The minimum atomic E-state index is -2.43. The van der Waals surface area contributed by atoms with E-state index in [4.69, 9.17) is 0 Å². The maximum atomic E-state index is 2.55. The van der Waals surface area contributed by atoms with E-state index in [-0.39, 0.29) is 0 Å². The van der Waals surface area contributed by atoms with Gasteiger partial charge in [-0.1, -0.05) is 0 Å². The first-order valence-corrected chi connectivity index (χ1v) is 13.6. The van der Waals surface area contributed by atoms with Gasteiger partial charge in [0.2, 0.25) is 0 Å². The average Bonchev–Trinajstić information content (AvgIpc) is 2.39. The number of rotatable bonds is 3. The third-order valence-corrected chi connectivity index (χ3v) is 19.2. The Balaban J connectivity index is 2.55. The molecule has 0 saturated carbocycles. The molecule has 0 radical (unpaired) electrons. The molecule has 0 aliphatic rings. The zero-order valence-electron chi connectivity index (χ0n) is 10.9. The van der Waals surface area contributed by atoms with E-state index in [1.807, 2.05) is 0 Å². The summed E-state index contributed by atoms with van der Waals surface area (Å²) in [6.07, 6.45) is 0. The molecule has 2 rings (SSSR count). The van der Waals surface area contributed by atoms with Crippen LogP contribution in [0.25, 0.3) is 0 Å². The summed E-state index contributed by atoms with van der Waals surface area (Å²) in [6, 6.07) is 22.2. The summed E-state index contributed by atoms with van der Waals surface area (Å²) in [4.78, 5) is 2.55. The Hall–Kier alpha value is -0.761. The molecule has 2 aromatic rings. The Morgan fingerprint density at radius 3 is 1.35 bits per heavy atom. The maximum absolute atomic E-state index is 2.55. The molecule has 2 aromatic carbocycles. The fourth-order valence-electron chi connectivity index (χ4n) is 2.40. The van der Waals surface area contributed by atoms with Gasteiger partial charge in [-0.25, -0.2) is 0 Å². The first kappa shape index (κ1) is 12.7. The molecule has 0 fully saturated rings. The second-order valence-corrected chi connectivity index (χ2v) is 18.5. The van der Waals surface area contributed by atoms with E-state index in [0.717, 1.165) is 3.93 Å². The molecule has 17 heavy (non-hydrogen) atoms. The number of hydrogen-bond donors (Lipinski definition) is 0. The topological polar surface area (TPSA) is 0 Å². The van der Waals surface area contributed by atoms with Crippen LogP contribution >= 0.6 is 0 Å². The Labute approximate surface area is 109 Å². The second-order valence-electron chi connectivity index (χ2n) is 5.09. The SMILES string of the molecule is C[CH](C)[Sn]([CH3])([c]1ccccc1)[c]1ccccc1. The predicted octanol–water partition coefficient (Wildman–Crippen LogP) is 3.29. The minimum absolute atomic E-state index is 0.772. The summed E-state index contributed by atoms with van der Waals surface area (Å²) in [5.41, 5.74) is 0. The van der Waals surface area contributed by atoms with Crippen molar-refractivity contribution in [2.45, 2.75) is 22.7 Å².